The summed E-state index contributed by atoms with van der Waals surface area (Å²) < 4.78 is 6.22. The summed E-state index contributed by atoms with van der Waals surface area (Å²) in [6.07, 6.45) is 17.3. The van der Waals surface area contributed by atoms with Crippen LogP contribution in [0.25, 0.3) is 0 Å². The summed E-state index contributed by atoms with van der Waals surface area (Å²) in [4.78, 5) is 19.9. The van der Waals surface area contributed by atoms with Gasteiger partial charge in [0, 0.05) is 43.7 Å². The number of nitrogens with zero attached hydrogens (tertiary/aromatic N) is 2. The molecule has 4 aliphatic carbocycles. The van der Waals surface area contributed by atoms with Crippen molar-refractivity contribution < 1.29 is 9.53 Å². The van der Waals surface area contributed by atoms with E-state index in [0.29, 0.717) is 23.4 Å². The van der Waals surface area contributed by atoms with Gasteiger partial charge in [-0.15, -0.1) is 0 Å². The number of ether oxygens (including phenoxy) is 1. The van der Waals surface area contributed by atoms with Crippen molar-refractivity contribution in [3.05, 3.63) is 24.5 Å². The third-order valence-electron chi connectivity index (χ3n) is 8.62. The molecule has 2 aliphatic heterocycles. The van der Waals surface area contributed by atoms with Gasteiger partial charge in [0.05, 0.1) is 0 Å². The summed E-state index contributed by atoms with van der Waals surface area (Å²) in [6, 6.07) is 4.66. The second-order valence-electron chi connectivity index (χ2n) is 10.7. The molecule has 6 bridgehead atoms. The van der Waals surface area contributed by atoms with E-state index in [1.54, 1.807) is 12.4 Å². The summed E-state index contributed by atoms with van der Waals surface area (Å²) in [7, 11) is 0. The van der Waals surface area contributed by atoms with Crippen LogP contribution in [0, 0.1) is 23.2 Å². The van der Waals surface area contributed by atoms with Gasteiger partial charge in [0.15, 0.2) is 0 Å². The van der Waals surface area contributed by atoms with Gasteiger partial charge >= 0.3 is 0 Å². The molecule has 2 atom stereocenters. The molecule has 0 N–H and O–H groups in total. The molecule has 28 heavy (non-hydrogen) atoms. The van der Waals surface area contributed by atoms with Gasteiger partial charge in [0.2, 0.25) is 5.91 Å². The Balaban J connectivity index is 1.13. The number of amides is 1. The van der Waals surface area contributed by atoms with Crippen LogP contribution < -0.4 is 4.74 Å². The van der Waals surface area contributed by atoms with Gasteiger partial charge in [0.1, 0.15) is 11.9 Å². The molecule has 7 rings (SSSR count). The van der Waals surface area contributed by atoms with E-state index in [0.717, 1.165) is 55.6 Å². The molecule has 3 heterocycles. The second kappa shape index (κ2) is 6.47. The van der Waals surface area contributed by atoms with Gasteiger partial charge < -0.3 is 9.64 Å². The normalized spacial score (nSPS) is 43.4. The molecule has 6 fully saturated rings. The Morgan fingerprint density at radius 1 is 0.964 bits per heavy atom. The highest BCUT2D eigenvalue weighted by atomic mass is 16.5. The van der Waals surface area contributed by atoms with Gasteiger partial charge in [0.25, 0.3) is 0 Å². The van der Waals surface area contributed by atoms with E-state index in [9.17, 15) is 4.79 Å². The summed E-state index contributed by atoms with van der Waals surface area (Å²) in [5.74, 6) is 4.16. The van der Waals surface area contributed by atoms with Crippen LogP contribution in [0.5, 0.6) is 5.75 Å². The molecule has 0 aromatic carbocycles. The highest BCUT2D eigenvalue weighted by molar-refractivity contribution is 5.78. The number of piperidine rings is 1. The fourth-order valence-electron chi connectivity index (χ4n) is 8.16. The van der Waals surface area contributed by atoms with Gasteiger partial charge in [-0.1, -0.05) is 0 Å². The lowest BCUT2D eigenvalue weighted by Crippen LogP contribution is -2.52. The molecule has 1 amide bonds. The third-order valence-corrected chi connectivity index (χ3v) is 8.62. The number of carbonyl (C=O) groups excluding carboxylic acids is 1. The zero-order valence-corrected chi connectivity index (χ0v) is 16.8. The lowest BCUT2D eigenvalue weighted by atomic mass is 9.49. The Bertz CT molecular complexity index is 699. The summed E-state index contributed by atoms with van der Waals surface area (Å²) >= 11 is 0. The van der Waals surface area contributed by atoms with E-state index in [2.05, 4.69) is 9.88 Å². The minimum absolute atomic E-state index is 0.239. The molecular formula is C24H32N2O2. The van der Waals surface area contributed by atoms with Crippen molar-refractivity contribution in [2.75, 3.05) is 0 Å². The average Bonchev–Trinajstić information content (AvgIpc) is 2.92. The van der Waals surface area contributed by atoms with Crippen molar-refractivity contribution in [2.45, 2.75) is 88.8 Å². The summed E-state index contributed by atoms with van der Waals surface area (Å²) in [5, 5.41) is 0. The third kappa shape index (κ3) is 2.95. The van der Waals surface area contributed by atoms with Crippen LogP contribution in [-0.2, 0) is 4.79 Å². The van der Waals surface area contributed by atoms with E-state index in [1.807, 2.05) is 12.1 Å². The first-order valence-corrected chi connectivity index (χ1v) is 11.5. The Labute approximate surface area is 168 Å². The molecule has 0 spiro atoms. The van der Waals surface area contributed by atoms with Crippen molar-refractivity contribution in [2.24, 2.45) is 23.2 Å². The lowest BCUT2D eigenvalue weighted by molar-refractivity contribution is -0.145. The van der Waals surface area contributed by atoms with Gasteiger partial charge in [-0.3, -0.25) is 9.78 Å². The number of pyridine rings is 1. The number of hydrogen-bond donors (Lipinski definition) is 0. The number of hydrogen-bond acceptors (Lipinski definition) is 3. The highest BCUT2D eigenvalue weighted by Crippen LogP contribution is 2.61. The van der Waals surface area contributed by atoms with Crippen LogP contribution >= 0.6 is 0 Å². The first-order valence-electron chi connectivity index (χ1n) is 11.5. The van der Waals surface area contributed by atoms with E-state index >= 15 is 0 Å². The van der Waals surface area contributed by atoms with Crippen LogP contribution in [0.2, 0.25) is 0 Å². The standard InChI is InChI=1S/C24H32N2O2/c27-23(15-24-12-16-7-17(13-24)9-18(8-16)14-24)26-19-1-2-20(26)11-22(10-19)28-21-3-5-25-6-4-21/h3-6,16-20,22H,1-2,7-15H2. The maximum absolute atomic E-state index is 13.5. The summed E-state index contributed by atoms with van der Waals surface area (Å²) in [6.45, 7) is 0. The first kappa shape index (κ1) is 17.3. The first-order chi connectivity index (χ1) is 13.7. The minimum Gasteiger partial charge on any atom is -0.490 e. The molecule has 4 heteroatoms. The Kier molecular flexibility index (Phi) is 3.99. The average molecular weight is 381 g/mol. The van der Waals surface area contributed by atoms with Crippen molar-refractivity contribution in [3.63, 3.8) is 0 Å². The lowest BCUT2D eigenvalue weighted by Gasteiger charge is -2.57. The topological polar surface area (TPSA) is 42.4 Å². The quantitative estimate of drug-likeness (QED) is 0.767. The molecule has 150 valence electrons. The Hall–Kier alpha value is -1.58. The number of aromatic nitrogens is 1. The fraction of sp³-hybridized carbons (Fsp3) is 0.750. The predicted octanol–water partition coefficient (Wildman–Crippen LogP) is 4.59. The molecular weight excluding hydrogens is 348 g/mol. The van der Waals surface area contributed by atoms with Crippen molar-refractivity contribution in [1.29, 1.82) is 0 Å². The van der Waals surface area contributed by atoms with E-state index in [-0.39, 0.29) is 6.10 Å². The molecule has 1 aromatic heterocycles. The monoisotopic (exact) mass is 380 g/mol. The van der Waals surface area contributed by atoms with Gasteiger partial charge in [-0.2, -0.15) is 0 Å². The maximum atomic E-state index is 13.5. The van der Waals surface area contributed by atoms with Gasteiger partial charge in [-0.05, 0) is 86.7 Å². The van der Waals surface area contributed by atoms with Crippen LogP contribution in [0.15, 0.2) is 24.5 Å². The Morgan fingerprint density at radius 3 is 2.11 bits per heavy atom. The van der Waals surface area contributed by atoms with Gasteiger partial charge in [-0.25, -0.2) is 0 Å². The molecule has 6 aliphatic rings. The zero-order valence-electron chi connectivity index (χ0n) is 16.8. The fourth-order valence-corrected chi connectivity index (χ4v) is 8.16. The van der Waals surface area contributed by atoms with Crippen LogP contribution in [0.1, 0.15) is 70.6 Å². The highest BCUT2D eigenvalue weighted by Gasteiger charge is 2.53. The summed E-state index contributed by atoms with van der Waals surface area (Å²) in [5.41, 5.74) is 0.357. The van der Waals surface area contributed by atoms with E-state index in [4.69, 9.17) is 4.74 Å². The number of carbonyl (C=O) groups is 1. The van der Waals surface area contributed by atoms with Crippen LogP contribution in [0.3, 0.4) is 0 Å². The Morgan fingerprint density at radius 2 is 1.54 bits per heavy atom. The van der Waals surface area contributed by atoms with Crippen molar-refractivity contribution in [1.82, 2.24) is 9.88 Å². The zero-order chi connectivity index (χ0) is 18.7. The number of rotatable bonds is 4. The number of fused-ring (bicyclic) bond motifs is 2. The molecule has 0 radical (unpaired) electrons. The predicted molar refractivity (Wildman–Crippen MR) is 107 cm³/mol. The molecule has 1 aromatic rings. The maximum Gasteiger partial charge on any atom is 0.223 e. The molecule has 4 saturated carbocycles. The minimum atomic E-state index is 0.239. The second-order valence-corrected chi connectivity index (χ2v) is 10.7. The molecule has 2 saturated heterocycles. The van der Waals surface area contributed by atoms with E-state index < -0.39 is 0 Å². The SMILES string of the molecule is O=C(CC12CC3CC(CC(C3)C1)C2)N1C2CCC1CC(Oc1ccncc1)C2. The van der Waals surface area contributed by atoms with E-state index in [1.165, 1.54) is 38.5 Å². The van der Waals surface area contributed by atoms with Crippen molar-refractivity contribution >= 4 is 5.91 Å². The van der Waals surface area contributed by atoms with Crippen LogP contribution in [-0.4, -0.2) is 34.0 Å². The van der Waals surface area contributed by atoms with Crippen molar-refractivity contribution in [3.8, 4) is 5.75 Å². The van der Waals surface area contributed by atoms with Crippen LogP contribution in [0.4, 0.5) is 0 Å². The molecule has 2 unspecified atom stereocenters. The smallest absolute Gasteiger partial charge is 0.223 e. The molecule has 4 nitrogen and oxygen atoms in total. The largest absolute Gasteiger partial charge is 0.490 e.